The van der Waals surface area contributed by atoms with E-state index in [9.17, 15) is 0 Å². The Morgan fingerprint density at radius 2 is 1.50 bits per heavy atom. The number of anilines is 2. The van der Waals surface area contributed by atoms with Crippen LogP contribution >= 0.6 is 0 Å². The number of nitrogens with zero attached hydrogens (tertiary/aromatic N) is 2. The molecule has 0 saturated heterocycles. The maximum atomic E-state index is 4.52. The summed E-state index contributed by atoms with van der Waals surface area (Å²) in [5.74, 6) is 0.619. The van der Waals surface area contributed by atoms with Gasteiger partial charge in [0.1, 0.15) is 0 Å². The first kappa shape index (κ1) is 12.4. The van der Waals surface area contributed by atoms with Crippen molar-refractivity contribution in [2.75, 3.05) is 5.32 Å². The van der Waals surface area contributed by atoms with Crippen LogP contribution in [0.3, 0.4) is 0 Å². The zero-order chi connectivity index (χ0) is 13.8. The average molecular weight is 261 g/mol. The second-order valence-electron chi connectivity index (χ2n) is 4.55. The number of nitrogens with one attached hydrogen (secondary N) is 1. The Bertz CT molecular complexity index is 694. The van der Waals surface area contributed by atoms with Crippen LogP contribution in [0.25, 0.3) is 11.1 Å². The first-order valence-corrected chi connectivity index (χ1v) is 6.54. The Morgan fingerprint density at radius 1 is 0.850 bits per heavy atom. The number of para-hydroxylation sites is 1. The van der Waals surface area contributed by atoms with Crippen molar-refractivity contribution in [3.05, 3.63) is 72.6 Å². The molecule has 1 N–H and O–H groups in total. The molecule has 98 valence electrons. The van der Waals surface area contributed by atoms with Gasteiger partial charge in [-0.05, 0) is 24.6 Å². The first-order chi connectivity index (χ1) is 9.83. The van der Waals surface area contributed by atoms with Crippen LogP contribution in [-0.2, 0) is 0 Å². The van der Waals surface area contributed by atoms with E-state index in [0.717, 1.165) is 22.5 Å². The molecular weight excluding hydrogens is 246 g/mol. The van der Waals surface area contributed by atoms with Crippen molar-refractivity contribution in [2.24, 2.45) is 0 Å². The van der Waals surface area contributed by atoms with Gasteiger partial charge < -0.3 is 5.32 Å². The Kier molecular flexibility index (Phi) is 3.42. The molecule has 3 aromatic rings. The summed E-state index contributed by atoms with van der Waals surface area (Å²) in [6.45, 7) is 2.00. The fraction of sp³-hybridized carbons (Fsp3) is 0.0588. The number of rotatable bonds is 3. The van der Waals surface area contributed by atoms with Gasteiger partial charge in [0.2, 0.25) is 5.95 Å². The summed E-state index contributed by atoms with van der Waals surface area (Å²) in [4.78, 5) is 8.91. The maximum Gasteiger partial charge on any atom is 0.227 e. The van der Waals surface area contributed by atoms with Crippen molar-refractivity contribution >= 4 is 11.6 Å². The summed E-state index contributed by atoms with van der Waals surface area (Å²) in [5, 5.41) is 3.20. The zero-order valence-electron chi connectivity index (χ0n) is 11.2. The van der Waals surface area contributed by atoms with Crippen LogP contribution in [0.15, 0.2) is 66.9 Å². The van der Waals surface area contributed by atoms with Gasteiger partial charge in [0, 0.05) is 17.4 Å². The monoisotopic (exact) mass is 261 g/mol. The number of aryl methyl sites for hydroxylation is 1. The minimum atomic E-state index is 0.619. The minimum Gasteiger partial charge on any atom is -0.324 e. The molecule has 0 radical (unpaired) electrons. The van der Waals surface area contributed by atoms with Crippen LogP contribution in [0.4, 0.5) is 11.6 Å². The van der Waals surface area contributed by atoms with Crippen LogP contribution in [0.2, 0.25) is 0 Å². The highest BCUT2D eigenvalue weighted by molar-refractivity contribution is 5.66. The van der Waals surface area contributed by atoms with E-state index < -0.39 is 0 Å². The van der Waals surface area contributed by atoms with Gasteiger partial charge in [0.05, 0.1) is 5.69 Å². The maximum absolute atomic E-state index is 4.52. The van der Waals surface area contributed by atoms with Gasteiger partial charge in [-0.15, -0.1) is 0 Å². The van der Waals surface area contributed by atoms with Crippen molar-refractivity contribution < 1.29 is 0 Å². The van der Waals surface area contributed by atoms with Crippen LogP contribution < -0.4 is 5.32 Å². The summed E-state index contributed by atoms with van der Waals surface area (Å²) in [7, 11) is 0. The molecule has 0 spiro atoms. The predicted octanol–water partition coefficient (Wildman–Crippen LogP) is 4.20. The highest BCUT2D eigenvalue weighted by atomic mass is 15.1. The molecule has 0 atom stereocenters. The van der Waals surface area contributed by atoms with Crippen molar-refractivity contribution in [1.82, 2.24) is 9.97 Å². The van der Waals surface area contributed by atoms with Gasteiger partial charge in [0.15, 0.2) is 0 Å². The topological polar surface area (TPSA) is 37.8 Å². The molecule has 3 rings (SSSR count). The van der Waals surface area contributed by atoms with Gasteiger partial charge in [-0.2, -0.15) is 0 Å². The summed E-state index contributed by atoms with van der Waals surface area (Å²) >= 11 is 0. The molecule has 0 aliphatic carbocycles. The molecule has 2 aromatic carbocycles. The molecule has 3 heteroatoms. The summed E-state index contributed by atoms with van der Waals surface area (Å²) in [6.07, 6.45) is 1.86. The lowest BCUT2D eigenvalue weighted by Gasteiger charge is -2.08. The van der Waals surface area contributed by atoms with Crippen molar-refractivity contribution in [1.29, 1.82) is 0 Å². The Labute approximate surface area is 118 Å². The number of hydrogen-bond donors (Lipinski definition) is 1. The highest BCUT2D eigenvalue weighted by Gasteiger charge is 2.05. The lowest BCUT2D eigenvalue weighted by molar-refractivity contribution is 1.11. The summed E-state index contributed by atoms with van der Waals surface area (Å²) < 4.78 is 0. The van der Waals surface area contributed by atoms with Crippen molar-refractivity contribution in [2.45, 2.75) is 6.92 Å². The largest absolute Gasteiger partial charge is 0.324 e. The standard InChI is InChI=1S/C17H15N3/c1-13-16(14-8-4-2-5-9-14)12-18-17(19-13)20-15-10-6-3-7-11-15/h2-12H,1H3,(H,18,19,20). The first-order valence-electron chi connectivity index (χ1n) is 6.54. The molecule has 0 aliphatic heterocycles. The van der Waals surface area contributed by atoms with Crippen LogP contribution in [0.1, 0.15) is 5.69 Å². The Morgan fingerprint density at radius 3 is 2.15 bits per heavy atom. The lowest BCUT2D eigenvalue weighted by atomic mass is 10.1. The molecule has 0 unspecified atom stereocenters. The number of hydrogen-bond acceptors (Lipinski definition) is 3. The molecule has 3 nitrogen and oxygen atoms in total. The number of aromatic nitrogens is 2. The van der Waals surface area contributed by atoms with Crippen LogP contribution in [0, 0.1) is 6.92 Å². The smallest absolute Gasteiger partial charge is 0.227 e. The molecule has 0 amide bonds. The zero-order valence-corrected chi connectivity index (χ0v) is 11.2. The van der Waals surface area contributed by atoms with E-state index in [1.807, 2.05) is 61.7 Å². The van der Waals surface area contributed by atoms with Crippen molar-refractivity contribution in [3.63, 3.8) is 0 Å². The van der Waals surface area contributed by atoms with E-state index in [1.165, 1.54) is 0 Å². The second kappa shape index (κ2) is 5.53. The van der Waals surface area contributed by atoms with Gasteiger partial charge >= 0.3 is 0 Å². The fourth-order valence-corrected chi connectivity index (χ4v) is 2.08. The van der Waals surface area contributed by atoms with E-state index in [1.54, 1.807) is 0 Å². The third-order valence-corrected chi connectivity index (χ3v) is 3.09. The summed E-state index contributed by atoms with van der Waals surface area (Å²) in [6, 6.07) is 20.1. The third kappa shape index (κ3) is 2.67. The molecule has 1 aromatic heterocycles. The SMILES string of the molecule is Cc1nc(Nc2ccccc2)ncc1-c1ccccc1. The van der Waals surface area contributed by atoms with E-state index >= 15 is 0 Å². The molecule has 20 heavy (non-hydrogen) atoms. The molecule has 0 saturated carbocycles. The lowest BCUT2D eigenvalue weighted by Crippen LogP contribution is -1.99. The third-order valence-electron chi connectivity index (χ3n) is 3.09. The highest BCUT2D eigenvalue weighted by Crippen LogP contribution is 2.22. The Balaban J connectivity index is 1.88. The van der Waals surface area contributed by atoms with E-state index in [2.05, 4.69) is 27.4 Å². The van der Waals surface area contributed by atoms with Gasteiger partial charge in [-0.25, -0.2) is 9.97 Å². The van der Waals surface area contributed by atoms with Gasteiger partial charge in [-0.1, -0.05) is 48.5 Å². The van der Waals surface area contributed by atoms with E-state index in [4.69, 9.17) is 0 Å². The minimum absolute atomic E-state index is 0.619. The van der Waals surface area contributed by atoms with E-state index in [-0.39, 0.29) is 0 Å². The molecule has 0 bridgehead atoms. The second-order valence-corrected chi connectivity index (χ2v) is 4.55. The average Bonchev–Trinajstić information content (AvgIpc) is 2.49. The predicted molar refractivity (Wildman–Crippen MR) is 81.9 cm³/mol. The summed E-state index contributed by atoms with van der Waals surface area (Å²) in [5.41, 5.74) is 4.14. The quantitative estimate of drug-likeness (QED) is 0.768. The van der Waals surface area contributed by atoms with Gasteiger partial charge in [0.25, 0.3) is 0 Å². The number of benzene rings is 2. The van der Waals surface area contributed by atoms with Crippen LogP contribution in [-0.4, -0.2) is 9.97 Å². The van der Waals surface area contributed by atoms with Crippen molar-refractivity contribution in [3.8, 4) is 11.1 Å². The normalized spacial score (nSPS) is 10.2. The molecular formula is C17H15N3. The fourth-order valence-electron chi connectivity index (χ4n) is 2.08. The Hall–Kier alpha value is -2.68. The molecule has 1 heterocycles. The van der Waals surface area contributed by atoms with Crippen LogP contribution in [0.5, 0.6) is 0 Å². The van der Waals surface area contributed by atoms with E-state index in [0.29, 0.717) is 5.95 Å². The molecule has 0 aliphatic rings. The molecule has 0 fully saturated rings. The van der Waals surface area contributed by atoms with Gasteiger partial charge in [-0.3, -0.25) is 0 Å².